The van der Waals surface area contributed by atoms with E-state index in [9.17, 15) is 24.3 Å². The van der Waals surface area contributed by atoms with Crippen molar-refractivity contribution in [1.82, 2.24) is 10.6 Å². The predicted octanol–water partition coefficient (Wildman–Crippen LogP) is -0.781. The number of amides is 3. The fourth-order valence-corrected chi connectivity index (χ4v) is 1.65. The van der Waals surface area contributed by atoms with E-state index in [4.69, 9.17) is 9.47 Å². The van der Waals surface area contributed by atoms with E-state index >= 15 is 0 Å². The van der Waals surface area contributed by atoms with Crippen molar-refractivity contribution in [2.45, 2.75) is 58.0 Å². The maximum atomic E-state index is 12.0. The van der Waals surface area contributed by atoms with Crippen LogP contribution in [0.25, 0.3) is 0 Å². The van der Waals surface area contributed by atoms with Crippen molar-refractivity contribution in [3.8, 4) is 0 Å². The molecule has 1 heterocycles. The summed E-state index contributed by atoms with van der Waals surface area (Å²) in [4.78, 5) is 46.0. The van der Waals surface area contributed by atoms with E-state index in [1.807, 2.05) is 5.32 Å². The Kier molecular flexibility index (Phi) is 5.48. The fraction of sp³-hybridized carbons (Fsp3) is 0.692. The predicted molar refractivity (Wildman–Crippen MR) is 72.5 cm³/mol. The summed E-state index contributed by atoms with van der Waals surface area (Å²) in [5.74, 6) is -2.33. The van der Waals surface area contributed by atoms with Crippen LogP contribution in [0, 0.1) is 0 Å². The van der Waals surface area contributed by atoms with Crippen molar-refractivity contribution in [2.24, 2.45) is 0 Å². The van der Waals surface area contributed by atoms with Gasteiger partial charge >= 0.3 is 12.1 Å². The molecule has 9 nitrogen and oxygen atoms in total. The van der Waals surface area contributed by atoms with E-state index in [2.05, 4.69) is 5.32 Å². The van der Waals surface area contributed by atoms with Gasteiger partial charge in [0.2, 0.25) is 5.91 Å². The molecule has 0 aromatic heterocycles. The van der Waals surface area contributed by atoms with Crippen LogP contribution in [0.5, 0.6) is 0 Å². The highest BCUT2D eigenvalue weighted by Gasteiger charge is 2.37. The number of carbonyl (C=O) groups excluding carboxylic acids is 4. The molecule has 1 fully saturated rings. The second kappa shape index (κ2) is 6.73. The Balaban J connectivity index is 2.66. The first-order valence-corrected chi connectivity index (χ1v) is 6.71. The van der Waals surface area contributed by atoms with Crippen molar-refractivity contribution in [3.63, 3.8) is 0 Å². The highest BCUT2D eigenvalue weighted by Crippen LogP contribution is 2.11. The normalized spacial score (nSPS) is 20.9. The third-order valence-corrected chi connectivity index (χ3v) is 2.59. The molecule has 0 aromatic rings. The second-order valence-electron chi connectivity index (χ2n) is 5.91. The molecule has 1 rings (SSSR count). The van der Waals surface area contributed by atoms with E-state index in [0.29, 0.717) is 0 Å². The van der Waals surface area contributed by atoms with Crippen LogP contribution in [0.3, 0.4) is 0 Å². The van der Waals surface area contributed by atoms with Crippen LogP contribution in [-0.2, 0) is 23.9 Å². The molecule has 0 spiro atoms. The van der Waals surface area contributed by atoms with Gasteiger partial charge in [-0.15, -0.1) is 0 Å². The average Bonchev–Trinajstić information content (AvgIpc) is 2.62. The topological polar surface area (TPSA) is 131 Å². The van der Waals surface area contributed by atoms with Crippen LogP contribution in [0.1, 0.15) is 34.1 Å². The van der Waals surface area contributed by atoms with Crippen molar-refractivity contribution >= 4 is 23.9 Å². The highest BCUT2D eigenvalue weighted by molar-refractivity contribution is 6.05. The zero-order chi connectivity index (χ0) is 17.1. The lowest BCUT2D eigenvalue weighted by Crippen LogP contribution is -2.51. The SMILES string of the molecule is C[C@@H](O)[C@H](NC(=O)OC(C)(C)C)C(=O)OC1CC(=O)NC1=O. The number of rotatable bonds is 4. The van der Waals surface area contributed by atoms with Gasteiger partial charge in [0.25, 0.3) is 5.91 Å². The number of imide groups is 1. The molecule has 1 saturated heterocycles. The van der Waals surface area contributed by atoms with Crippen molar-refractivity contribution in [1.29, 1.82) is 0 Å². The van der Waals surface area contributed by atoms with Gasteiger partial charge in [-0.05, 0) is 27.7 Å². The maximum Gasteiger partial charge on any atom is 0.408 e. The van der Waals surface area contributed by atoms with Gasteiger partial charge in [-0.1, -0.05) is 0 Å². The molecule has 3 atom stereocenters. The van der Waals surface area contributed by atoms with E-state index in [0.717, 1.165) is 0 Å². The van der Waals surface area contributed by atoms with Crippen molar-refractivity contribution in [2.75, 3.05) is 0 Å². The van der Waals surface area contributed by atoms with Gasteiger partial charge in [0.05, 0.1) is 12.5 Å². The van der Waals surface area contributed by atoms with Crippen LogP contribution in [0.4, 0.5) is 4.79 Å². The van der Waals surface area contributed by atoms with Crippen LogP contribution in [0.2, 0.25) is 0 Å². The van der Waals surface area contributed by atoms with E-state index in [1.165, 1.54) is 6.92 Å². The first-order valence-electron chi connectivity index (χ1n) is 6.71. The Morgan fingerprint density at radius 1 is 1.36 bits per heavy atom. The lowest BCUT2D eigenvalue weighted by Gasteiger charge is -2.24. The Morgan fingerprint density at radius 2 is 1.95 bits per heavy atom. The molecule has 1 unspecified atom stereocenters. The molecular weight excluding hydrogens is 296 g/mol. The number of hydrogen-bond acceptors (Lipinski definition) is 7. The summed E-state index contributed by atoms with van der Waals surface area (Å²) < 4.78 is 9.82. The number of hydrogen-bond donors (Lipinski definition) is 3. The van der Waals surface area contributed by atoms with Crippen LogP contribution < -0.4 is 10.6 Å². The Labute approximate surface area is 127 Å². The molecule has 0 radical (unpaired) electrons. The van der Waals surface area contributed by atoms with Gasteiger partial charge in [0.1, 0.15) is 5.60 Å². The van der Waals surface area contributed by atoms with Crippen LogP contribution in [-0.4, -0.2) is 52.8 Å². The minimum Gasteiger partial charge on any atom is -0.450 e. The summed E-state index contributed by atoms with van der Waals surface area (Å²) in [6.07, 6.45) is -3.74. The van der Waals surface area contributed by atoms with Gasteiger partial charge in [0, 0.05) is 0 Å². The molecular formula is C13H20N2O7. The van der Waals surface area contributed by atoms with Crippen molar-refractivity contribution < 1.29 is 33.8 Å². The van der Waals surface area contributed by atoms with Gasteiger partial charge in [-0.3, -0.25) is 14.9 Å². The zero-order valence-corrected chi connectivity index (χ0v) is 12.8. The molecule has 1 aliphatic rings. The zero-order valence-electron chi connectivity index (χ0n) is 12.8. The van der Waals surface area contributed by atoms with Gasteiger partial charge in [-0.25, -0.2) is 9.59 Å². The number of ether oxygens (including phenoxy) is 2. The second-order valence-corrected chi connectivity index (χ2v) is 5.91. The summed E-state index contributed by atoms with van der Waals surface area (Å²) >= 11 is 0. The van der Waals surface area contributed by atoms with Gasteiger partial charge in [-0.2, -0.15) is 0 Å². The van der Waals surface area contributed by atoms with Crippen molar-refractivity contribution in [3.05, 3.63) is 0 Å². The van der Waals surface area contributed by atoms with E-state index < -0.39 is 47.7 Å². The number of carbonyl (C=O) groups is 4. The smallest absolute Gasteiger partial charge is 0.408 e. The first-order chi connectivity index (χ1) is 9.99. The molecule has 0 bridgehead atoms. The summed E-state index contributed by atoms with van der Waals surface area (Å²) in [6.45, 7) is 6.17. The Bertz CT molecular complexity index is 481. The standard InChI is InChI=1S/C13H20N2O7/c1-6(16)9(15-12(20)22-13(2,3)4)11(19)21-7-5-8(17)14-10(7)18/h6-7,9,16H,5H2,1-4H3,(H,15,20)(H,14,17,18)/t6-,7?,9+/m1/s1. The molecule has 0 aromatic carbocycles. The summed E-state index contributed by atoms with van der Waals surface area (Å²) in [5, 5.41) is 13.7. The number of esters is 1. The summed E-state index contributed by atoms with van der Waals surface area (Å²) in [6, 6.07) is -1.42. The molecule has 124 valence electrons. The maximum absolute atomic E-state index is 12.0. The fourth-order valence-electron chi connectivity index (χ4n) is 1.65. The molecule has 9 heteroatoms. The number of aliphatic hydroxyl groups excluding tert-OH is 1. The third-order valence-electron chi connectivity index (χ3n) is 2.59. The van der Waals surface area contributed by atoms with Crippen LogP contribution in [0.15, 0.2) is 0 Å². The summed E-state index contributed by atoms with van der Waals surface area (Å²) in [5.41, 5.74) is -0.783. The van der Waals surface area contributed by atoms with Crippen LogP contribution >= 0.6 is 0 Å². The quantitative estimate of drug-likeness (QED) is 0.458. The molecule has 1 aliphatic heterocycles. The lowest BCUT2D eigenvalue weighted by atomic mass is 10.2. The lowest BCUT2D eigenvalue weighted by molar-refractivity contribution is -0.158. The highest BCUT2D eigenvalue weighted by atomic mass is 16.6. The monoisotopic (exact) mass is 316 g/mol. The minimum atomic E-state index is -1.42. The molecule has 0 aliphatic carbocycles. The Morgan fingerprint density at radius 3 is 2.36 bits per heavy atom. The molecule has 3 amide bonds. The number of alkyl carbamates (subject to hydrolysis) is 1. The minimum absolute atomic E-state index is 0.288. The molecule has 22 heavy (non-hydrogen) atoms. The summed E-state index contributed by atoms with van der Waals surface area (Å²) in [7, 11) is 0. The largest absolute Gasteiger partial charge is 0.450 e. The number of aliphatic hydroxyl groups is 1. The Hall–Kier alpha value is -2.16. The first kappa shape index (κ1) is 17.9. The molecule has 0 saturated carbocycles. The van der Waals surface area contributed by atoms with Gasteiger partial charge < -0.3 is 19.9 Å². The number of nitrogens with one attached hydrogen (secondary N) is 2. The van der Waals surface area contributed by atoms with E-state index in [-0.39, 0.29) is 6.42 Å². The average molecular weight is 316 g/mol. The third kappa shape index (κ3) is 5.32. The molecule has 3 N–H and O–H groups in total. The van der Waals surface area contributed by atoms with E-state index in [1.54, 1.807) is 20.8 Å². The van der Waals surface area contributed by atoms with Gasteiger partial charge in [0.15, 0.2) is 12.1 Å².